The molecule has 0 aliphatic rings. The van der Waals surface area contributed by atoms with Crippen LogP contribution in [0.15, 0.2) is 60.8 Å². The highest BCUT2D eigenvalue weighted by Gasteiger charge is 2.06. The van der Waals surface area contributed by atoms with E-state index in [4.69, 9.17) is 9.47 Å². The van der Waals surface area contributed by atoms with Gasteiger partial charge in [-0.25, -0.2) is 9.78 Å². The number of aromatic nitrogens is 2. The molecule has 150 valence electrons. The number of esters is 1. The molecule has 0 aliphatic carbocycles. The van der Waals surface area contributed by atoms with E-state index in [-0.39, 0.29) is 5.97 Å². The molecule has 0 spiro atoms. The molecule has 7 heteroatoms. The molecule has 1 aromatic heterocycles. The largest absolute Gasteiger partial charge is 0.497 e. The third-order valence-corrected chi connectivity index (χ3v) is 4.18. The van der Waals surface area contributed by atoms with Crippen LogP contribution in [-0.2, 0) is 11.2 Å². The van der Waals surface area contributed by atoms with Gasteiger partial charge in [0.2, 0.25) is 5.95 Å². The topological polar surface area (TPSA) is 85.4 Å². The van der Waals surface area contributed by atoms with Crippen LogP contribution in [0, 0.1) is 0 Å². The Morgan fingerprint density at radius 1 is 1.03 bits per heavy atom. The maximum Gasteiger partial charge on any atom is 0.338 e. The summed E-state index contributed by atoms with van der Waals surface area (Å²) in [6.07, 6.45) is 2.54. The fraction of sp³-hybridized carbons (Fsp3) is 0.227. The predicted octanol–water partition coefficient (Wildman–Crippen LogP) is 4.06. The molecule has 0 atom stereocenters. The van der Waals surface area contributed by atoms with Crippen LogP contribution in [0.5, 0.6) is 5.75 Å². The molecule has 3 aromatic rings. The molecule has 29 heavy (non-hydrogen) atoms. The van der Waals surface area contributed by atoms with Crippen molar-refractivity contribution in [3.05, 3.63) is 71.9 Å². The Kier molecular flexibility index (Phi) is 7.00. The van der Waals surface area contributed by atoms with Crippen molar-refractivity contribution in [1.82, 2.24) is 9.97 Å². The molecule has 0 fully saturated rings. The molecule has 3 rings (SSSR count). The fourth-order valence-electron chi connectivity index (χ4n) is 2.68. The van der Waals surface area contributed by atoms with Crippen molar-refractivity contribution < 1.29 is 14.3 Å². The highest BCUT2D eigenvalue weighted by molar-refractivity contribution is 5.89. The number of nitrogens with zero attached hydrogens (tertiary/aromatic N) is 2. The number of hydrogen-bond acceptors (Lipinski definition) is 7. The first-order valence-corrected chi connectivity index (χ1v) is 9.42. The first-order valence-electron chi connectivity index (χ1n) is 9.42. The standard InChI is InChI=1S/C22H24N4O3/c1-3-29-21(27)17-6-8-18(9-7-17)25-20-13-15-24-22(26-20)23-14-12-16-4-10-19(28-2)11-5-16/h4-11,13,15H,3,12,14H2,1-2H3,(H2,23,24,25,26). The van der Waals surface area contributed by atoms with Crippen molar-refractivity contribution in [2.24, 2.45) is 0 Å². The number of carbonyl (C=O) groups excluding carboxylic acids is 1. The average molecular weight is 392 g/mol. The smallest absolute Gasteiger partial charge is 0.338 e. The lowest BCUT2D eigenvalue weighted by molar-refractivity contribution is 0.0526. The molecule has 2 N–H and O–H groups in total. The molecule has 0 saturated carbocycles. The molecule has 7 nitrogen and oxygen atoms in total. The Morgan fingerprint density at radius 2 is 1.79 bits per heavy atom. The molecule has 0 aliphatic heterocycles. The Hall–Kier alpha value is -3.61. The summed E-state index contributed by atoms with van der Waals surface area (Å²) in [4.78, 5) is 20.4. The van der Waals surface area contributed by atoms with Crippen LogP contribution in [0.2, 0.25) is 0 Å². The molecule has 1 heterocycles. The summed E-state index contributed by atoms with van der Waals surface area (Å²) in [5, 5.41) is 6.44. The number of ether oxygens (including phenoxy) is 2. The van der Waals surface area contributed by atoms with Crippen LogP contribution in [0.4, 0.5) is 17.5 Å². The second-order valence-electron chi connectivity index (χ2n) is 6.21. The number of rotatable bonds is 9. The highest BCUT2D eigenvalue weighted by Crippen LogP contribution is 2.17. The Balaban J connectivity index is 1.54. The van der Waals surface area contributed by atoms with Crippen LogP contribution in [0.3, 0.4) is 0 Å². The Morgan fingerprint density at radius 3 is 2.48 bits per heavy atom. The van der Waals surface area contributed by atoms with Crippen molar-refractivity contribution in [2.45, 2.75) is 13.3 Å². The predicted molar refractivity (Wildman–Crippen MR) is 113 cm³/mol. The third kappa shape index (κ3) is 5.93. The highest BCUT2D eigenvalue weighted by atomic mass is 16.5. The quantitative estimate of drug-likeness (QED) is 0.531. The van der Waals surface area contributed by atoms with E-state index >= 15 is 0 Å². The monoisotopic (exact) mass is 392 g/mol. The van der Waals surface area contributed by atoms with Crippen molar-refractivity contribution in [3.8, 4) is 5.75 Å². The summed E-state index contributed by atoms with van der Waals surface area (Å²) >= 11 is 0. The van der Waals surface area contributed by atoms with Gasteiger partial charge >= 0.3 is 5.97 Å². The summed E-state index contributed by atoms with van der Waals surface area (Å²) in [7, 11) is 1.66. The molecule has 0 amide bonds. The van der Waals surface area contributed by atoms with E-state index in [2.05, 4.69) is 20.6 Å². The molecule has 0 radical (unpaired) electrons. The van der Waals surface area contributed by atoms with E-state index in [9.17, 15) is 4.79 Å². The van der Waals surface area contributed by atoms with Crippen molar-refractivity contribution >= 4 is 23.4 Å². The van der Waals surface area contributed by atoms with E-state index < -0.39 is 0 Å². The lowest BCUT2D eigenvalue weighted by Gasteiger charge is -2.09. The van der Waals surface area contributed by atoms with Crippen LogP contribution in [0.25, 0.3) is 0 Å². The van der Waals surface area contributed by atoms with Crippen LogP contribution in [0.1, 0.15) is 22.8 Å². The van der Waals surface area contributed by atoms with Gasteiger partial charge in [0.1, 0.15) is 11.6 Å². The molecular weight excluding hydrogens is 368 g/mol. The zero-order chi connectivity index (χ0) is 20.5. The Labute approximate surface area is 170 Å². The average Bonchev–Trinajstić information content (AvgIpc) is 2.75. The van der Waals surface area contributed by atoms with Crippen LogP contribution < -0.4 is 15.4 Å². The maximum absolute atomic E-state index is 11.7. The van der Waals surface area contributed by atoms with Crippen molar-refractivity contribution in [1.29, 1.82) is 0 Å². The van der Waals surface area contributed by atoms with E-state index in [1.54, 1.807) is 38.4 Å². The van der Waals surface area contributed by atoms with Gasteiger partial charge in [0.15, 0.2) is 0 Å². The molecule has 0 bridgehead atoms. The minimum Gasteiger partial charge on any atom is -0.497 e. The zero-order valence-corrected chi connectivity index (χ0v) is 16.5. The fourth-order valence-corrected chi connectivity index (χ4v) is 2.68. The maximum atomic E-state index is 11.7. The Bertz CT molecular complexity index is 928. The normalized spacial score (nSPS) is 10.3. The number of benzene rings is 2. The minimum atomic E-state index is -0.329. The molecule has 2 aromatic carbocycles. The summed E-state index contributed by atoms with van der Waals surface area (Å²) in [5.41, 5.74) is 2.54. The van der Waals surface area contributed by atoms with E-state index in [0.29, 0.717) is 30.5 Å². The lowest BCUT2D eigenvalue weighted by Crippen LogP contribution is -2.08. The van der Waals surface area contributed by atoms with Gasteiger partial charge in [0.05, 0.1) is 19.3 Å². The third-order valence-electron chi connectivity index (χ3n) is 4.18. The molecule has 0 unspecified atom stereocenters. The van der Waals surface area contributed by atoms with Crippen molar-refractivity contribution in [3.63, 3.8) is 0 Å². The zero-order valence-electron chi connectivity index (χ0n) is 16.5. The van der Waals surface area contributed by atoms with E-state index in [0.717, 1.165) is 17.9 Å². The minimum absolute atomic E-state index is 0.329. The van der Waals surface area contributed by atoms with E-state index in [1.807, 2.05) is 36.4 Å². The second kappa shape index (κ2) is 10.1. The number of carbonyl (C=O) groups is 1. The lowest BCUT2D eigenvalue weighted by atomic mass is 10.1. The van der Waals surface area contributed by atoms with Crippen LogP contribution >= 0.6 is 0 Å². The SMILES string of the molecule is CCOC(=O)c1ccc(Nc2ccnc(NCCc3ccc(OC)cc3)n2)cc1. The number of anilines is 3. The van der Waals surface area contributed by atoms with Gasteiger partial charge in [-0.05, 0) is 61.4 Å². The summed E-state index contributed by atoms with van der Waals surface area (Å²) in [5.74, 6) is 1.73. The number of hydrogen-bond donors (Lipinski definition) is 2. The number of nitrogens with one attached hydrogen (secondary N) is 2. The first kappa shape index (κ1) is 20.1. The van der Waals surface area contributed by atoms with Gasteiger partial charge < -0.3 is 20.1 Å². The van der Waals surface area contributed by atoms with Gasteiger partial charge in [-0.2, -0.15) is 4.98 Å². The molecule has 0 saturated heterocycles. The van der Waals surface area contributed by atoms with Gasteiger partial charge in [0, 0.05) is 18.4 Å². The van der Waals surface area contributed by atoms with Gasteiger partial charge in [-0.3, -0.25) is 0 Å². The van der Waals surface area contributed by atoms with E-state index in [1.165, 1.54) is 5.56 Å². The summed E-state index contributed by atoms with van der Waals surface area (Å²) in [6, 6.07) is 16.8. The molecular formula is C22H24N4O3. The van der Waals surface area contributed by atoms with Crippen LogP contribution in [-0.4, -0.2) is 36.2 Å². The number of methoxy groups -OCH3 is 1. The summed E-state index contributed by atoms with van der Waals surface area (Å²) in [6.45, 7) is 2.85. The van der Waals surface area contributed by atoms with Gasteiger partial charge in [-0.1, -0.05) is 12.1 Å². The van der Waals surface area contributed by atoms with Gasteiger partial charge in [-0.15, -0.1) is 0 Å². The van der Waals surface area contributed by atoms with Crippen molar-refractivity contribution in [2.75, 3.05) is 30.9 Å². The first-order chi connectivity index (χ1) is 14.2. The summed E-state index contributed by atoms with van der Waals surface area (Å²) < 4.78 is 10.2. The second-order valence-corrected chi connectivity index (χ2v) is 6.21. The van der Waals surface area contributed by atoms with Gasteiger partial charge in [0.25, 0.3) is 0 Å².